The van der Waals surface area contributed by atoms with Crippen molar-refractivity contribution in [3.8, 4) is 11.3 Å². The molecule has 0 unspecified atom stereocenters. The molecule has 0 fully saturated rings. The molecule has 6 nitrogen and oxygen atoms in total. The summed E-state index contributed by atoms with van der Waals surface area (Å²) in [7, 11) is -3.44. The average Bonchev–Trinajstić information content (AvgIpc) is 3.04. The van der Waals surface area contributed by atoms with E-state index in [1.807, 2.05) is 0 Å². The van der Waals surface area contributed by atoms with Gasteiger partial charge in [0.25, 0.3) is 0 Å². The Morgan fingerprint density at radius 3 is 2.74 bits per heavy atom. The van der Waals surface area contributed by atoms with E-state index in [0.29, 0.717) is 31.7 Å². The first-order valence-corrected chi connectivity index (χ1v) is 9.71. The molecule has 0 aliphatic heterocycles. The predicted molar refractivity (Wildman–Crippen MR) is 92.6 cm³/mol. The average molecular weight is 417 g/mol. The van der Waals surface area contributed by atoms with Crippen LogP contribution in [0.1, 0.15) is 10.5 Å². The standard InChI is InChI=1S/C14H11BrClN3O3S/c1-23(21,22)6-12(20)14-13(10-2-3-17-19-10)7-4-9(16)8(15)5-11(7)18-14/h2-5,18H,6H2,1H3,(H,17,19). The van der Waals surface area contributed by atoms with Crippen LogP contribution in [0, 0.1) is 0 Å². The van der Waals surface area contributed by atoms with Gasteiger partial charge >= 0.3 is 0 Å². The molecule has 23 heavy (non-hydrogen) atoms. The third-order valence-corrected chi connectivity index (χ3v) is 5.27. The van der Waals surface area contributed by atoms with Gasteiger partial charge in [-0.2, -0.15) is 5.10 Å². The molecular weight excluding hydrogens is 406 g/mol. The number of halogens is 2. The summed E-state index contributed by atoms with van der Waals surface area (Å²) in [6.45, 7) is 0. The van der Waals surface area contributed by atoms with Crippen LogP contribution >= 0.6 is 27.5 Å². The number of Topliss-reactive ketones (excluding diaryl/α,β-unsaturated/α-hetero) is 1. The van der Waals surface area contributed by atoms with E-state index in [1.165, 1.54) is 0 Å². The van der Waals surface area contributed by atoms with Crippen LogP contribution in [0.5, 0.6) is 0 Å². The van der Waals surface area contributed by atoms with Gasteiger partial charge in [-0.05, 0) is 34.1 Å². The molecule has 0 aliphatic carbocycles. The van der Waals surface area contributed by atoms with Gasteiger partial charge in [0, 0.05) is 33.4 Å². The number of rotatable bonds is 4. The maximum atomic E-state index is 12.4. The molecular formula is C14H11BrClN3O3S. The van der Waals surface area contributed by atoms with Gasteiger partial charge in [0.2, 0.25) is 0 Å². The number of H-pyrrole nitrogens is 2. The van der Waals surface area contributed by atoms with Crippen molar-refractivity contribution < 1.29 is 13.2 Å². The summed E-state index contributed by atoms with van der Waals surface area (Å²) in [5, 5.41) is 7.88. The molecule has 0 bridgehead atoms. The molecule has 0 aliphatic rings. The quantitative estimate of drug-likeness (QED) is 0.638. The van der Waals surface area contributed by atoms with Gasteiger partial charge in [-0.3, -0.25) is 9.89 Å². The SMILES string of the molecule is CS(=O)(=O)CC(=O)c1[nH]c2cc(Br)c(Cl)cc2c1-c1ccn[nH]1. The second-order valence-electron chi connectivity index (χ2n) is 5.15. The van der Waals surface area contributed by atoms with E-state index in [-0.39, 0.29) is 5.69 Å². The number of sulfone groups is 1. The molecule has 3 aromatic rings. The fraction of sp³-hybridized carbons (Fsp3) is 0.143. The highest BCUT2D eigenvalue weighted by atomic mass is 79.9. The van der Waals surface area contributed by atoms with Crippen molar-refractivity contribution in [1.29, 1.82) is 0 Å². The smallest absolute Gasteiger partial charge is 0.194 e. The number of hydrogen-bond acceptors (Lipinski definition) is 4. The monoisotopic (exact) mass is 415 g/mol. The Balaban J connectivity index is 2.28. The number of carbonyl (C=O) groups is 1. The lowest BCUT2D eigenvalue weighted by atomic mass is 10.1. The number of nitrogens with one attached hydrogen (secondary N) is 2. The van der Waals surface area contributed by atoms with Crippen molar-refractivity contribution in [3.05, 3.63) is 39.6 Å². The first-order valence-electron chi connectivity index (χ1n) is 6.47. The highest BCUT2D eigenvalue weighted by Gasteiger charge is 2.23. The van der Waals surface area contributed by atoms with Crippen LogP contribution in [0.25, 0.3) is 22.2 Å². The number of hydrogen-bond donors (Lipinski definition) is 2. The minimum absolute atomic E-state index is 0.212. The molecule has 9 heteroatoms. The Bertz CT molecular complexity index is 1010. The third kappa shape index (κ3) is 3.19. The zero-order chi connectivity index (χ0) is 16.8. The normalized spacial score (nSPS) is 12.0. The van der Waals surface area contributed by atoms with Crippen LogP contribution in [0.15, 0.2) is 28.9 Å². The highest BCUT2D eigenvalue weighted by Crippen LogP contribution is 2.36. The maximum absolute atomic E-state index is 12.4. The van der Waals surface area contributed by atoms with Gasteiger partial charge in [0.15, 0.2) is 15.6 Å². The Labute approximate surface area is 145 Å². The molecule has 0 radical (unpaired) electrons. The first kappa shape index (κ1) is 16.2. The fourth-order valence-electron chi connectivity index (χ4n) is 2.38. The fourth-order valence-corrected chi connectivity index (χ4v) is 3.51. The van der Waals surface area contributed by atoms with Gasteiger partial charge < -0.3 is 4.98 Å². The lowest BCUT2D eigenvalue weighted by molar-refractivity contribution is 0.101. The van der Waals surface area contributed by atoms with Gasteiger partial charge in [0.05, 0.1) is 16.4 Å². The molecule has 2 aromatic heterocycles. The largest absolute Gasteiger partial charge is 0.351 e. The topological polar surface area (TPSA) is 95.7 Å². The Kier molecular flexibility index (Phi) is 4.07. The molecule has 120 valence electrons. The summed E-state index contributed by atoms with van der Waals surface area (Å²) in [6, 6.07) is 5.16. The lowest BCUT2D eigenvalue weighted by Gasteiger charge is -2.02. The van der Waals surface area contributed by atoms with E-state index < -0.39 is 21.4 Å². The summed E-state index contributed by atoms with van der Waals surface area (Å²) in [5.74, 6) is -1.09. The molecule has 0 saturated heterocycles. The summed E-state index contributed by atoms with van der Waals surface area (Å²) < 4.78 is 23.6. The lowest BCUT2D eigenvalue weighted by Crippen LogP contribution is -2.15. The number of fused-ring (bicyclic) bond motifs is 1. The van der Waals surface area contributed by atoms with Crippen LogP contribution in [0.2, 0.25) is 5.02 Å². The second kappa shape index (κ2) is 5.77. The minimum atomic E-state index is -3.44. The van der Waals surface area contributed by atoms with Crippen molar-refractivity contribution in [1.82, 2.24) is 15.2 Å². The number of aromatic nitrogens is 3. The van der Waals surface area contributed by atoms with Gasteiger partial charge in [-0.15, -0.1) is 0 Å². The van der Waals surface area contributed by atoms with E-state index in [1.54, 1.807) is 24.4 Å². The van der Waals surface area contributed by atoms with Crippen LogP contribution in [-0.4, -0.2) is 41.4 Å². The van der Waals surface area contributed by atoms with Crippen molar-refractivity contribution in [3.63, 3.8) is 0 Å². The van der Waals surface area contributed by atoms with Gasteiger partial charge in [0.1, 0.15) is 5.75 Å². The van der Waals surface area contributed by atoms with E-state index in [0.717, 1.165) is 6.26 Å². The number of aromatic amines is 2. The molecule has 3 rings (SSSR count). The first-order chi connectivity index (χ1) is 10.8. The Morgan fingerprint density at radius 1 is 1.39 bits per heavy atom. The number of nitrogens with zero attached hydrogens (tertiary/aromatic N) is 1. The van der Waals surface area contributed by atoms with Crippen LogP contribution < -0.4 is 0 Å². The number of carbonyl (C=O) groups excluding carboxylic acids is 1. The molecule has 1 aromatic carbocycles. The summed E-state index contributed by atoms with van der Waals surface area (Å²) in [6.07, 6.45) is 2.58. The van der Waals surface area contributed by atoms with Crippen molar-refractivity contribution in [2.45, 2.75) is 0 Å². The minimum Gasteiger partial charge on any atom is -0.351 e. The number of ketones is 1. The molecule has 0 atom stereocenters. The summed E-state index contributed by atoms with van der Waals surface area (Å²) in [5.41, 5.74) is 2.04. The van der Waals surface area contributed by atoms with Crippen LogP contribution in [0.3, 0.4) is 0 Å². The van der Waals surface area contributed by atoms with Crippen molar-refractivity contribution in [2.24, 2.45) is 0 Å². The summed E-state index contributed by atoms with van der Waals surface area (Å²) in [4.78, 5) is 15.4. The van der Waals surface area contributed by atoms with E-state index in [2.05, 4.69) is 31.1 Å². The molecule has 0 amide bonds. The zero-order valence-electron chi connectivity index (χ0n) is 11.9. The number of benzene rings is 1. The van der Waals surface area contributed by atoms with Crippen molar-refractivity contribution >= 4 is 54.1 Å². The van der Waals surface area contributed by atoms with Crippen molar-refractivity contribution in [2.75, 3.05) is 12.0 Å². The Morgan fingerprint density at radius 2 is 2.13 bits per heavy atom. The predicted octanol–water partition coefficient (Wildman–Crippen LogP) is 3.20. The molecule has 2 heterocycles. The maximum Gasteiger partial charge on any atom is 0.194 e. The molecule has 0 saturated carbocycles. The van der Waals surface area contributed by atoms with Crippen LogP contribution in [-0.2, 0) is 9.84 Å². The zero-order valence-corrected chi connectivity index (χ0v) is 15.0. The van der Waals surface area contributed by atoms with Gasteiger partial charge in [-0.1, -0.05) is 11.6 Å². The van der Waals surface area contributed by atoms with Crippen LogP contribution in [0.4, 0.5) is 0 Å². The summed E-state index contributed by atoms with van der Waals surface area (Å²) >= 11 is 9.48. The van der Waals surface area contributed by atoms with E-state index >= 15 is 0 Å². The molecule has 0 spiro atoms. The molecule has 2 N–H and O–H groups in total. The van der Waals surface area contributed by atoms with Gasteiger partial charge in [-0.25, -0.2) is 8.42 Å². The third-order valence-electron chi connectivity index (χ3n) is 3.28. The van der Waals surface area contributed by atoms with E-state index in [4.69, 9.17) is 11.6 Å². The second-order valence-corrected chi connectivity index (χ2v) is 8.55. The Hall–Kier alpha value is -1.64. The van der Waals surface area contributed by atoms with E-state index in [9.17, 15) is 13.2 Å². The highest BCUT2D eigenvalue weighted by molar-refractivity contribution is 9.10.